The molecule has 0 spiro atoms. The molecule has 0 aliphatic rings. The van der Waals surface area contributed by atoms with Crippen LogP contribution in [0.25, 0.3) is 0 Å². The predicted octanol–water partition coefficient (Wildman–Crippen LogP) is 5.93. The van der Waals surface area contributed by atoms with Gasteiger partial charge in [-0.1, -0.05) is 0 Å². The van der Waals surface area contributed by atoms with Crippen LogP contribution in [0, 0.1) is 0 Å². The summed E-state index contributed by atoms with van der Waals surface area (Å²) < 4.78 is 10.8. The van der Waals surface area contributed by atoms with Crippen molar-refractivity contribution in [3.05, 3.63) is 115 Å². The van der Waals surface area contributed by atoms with Crippen LogP contribution in [0.3, 0.4) is 0 Å². The third-order valence-electron chi connectivity index (χ3n) is 5.96. The Labute approximate surface area is 205 Å². The quantitative estimate of drug-likeness (QED) is 0.311. The molecule has 4 nitrogen and oxygen atoms in total. The third kappa shape index (κ3) is 4.65. The summed E-state index contributed by atoms with van der Waals surface area (Å²) >= 11 is 7.96. The number of carbonyl (C=O) groups excluding carboxylic acids is 1. The predicted molar refractivity (Wildman–Crippen MR) is 144 cm³/mol. The molecule has 1 N–H and O–H groups in total. The second-order valence-corrected chi connectivity index (χ2v) is 14.5. The average molecular weight is 492 g/mol. The topological polar surface area (TPSA) is 47.6 Å². The van der Waals surface area contributed by atoms with E-state index in [0.717, 1.165) is 15.9 Å². The first-order valence-electron chi connectivity index (χ1n) is 11.0. The van der Waals surface area contributed by atoms with Crippen LogP contribution in [0.1, 0.15) is 0 Å². The fraction of sp³-hybridized carbons (Fsp3) is 0.107. The zero-order valence-corrected chi connectivity index (χ0v) is 20.6. The van der Waals surface area contributed by atoms with Crippen molar-refractivity contribution >= 4 is 44.9 Å². The van der Waals surface area contributed by atoms with Crippen molar-refractivity contribution in [1.29, 1.82) is 0 Å². The molecule has 0 aliphatic carbocycles. The summed E-state index contributed by atoms with van der Waals surface area (Å²) in [6, 6.07) is 37.5. The Balaban J connectivity index is 1.66. The van der Waals surface area contributed by atoms with Crippen LogP contribution in [0.2, 0.25) is 0 Å². The van der Waals surface area contributed by atoms with Crippen molar-refractivity contribution in [3.63, 3.8) is 0 Å². The molecule has 1 amide bonds. The van der Waals surface area contributed by atoms with Crippen LogP contribution in [0.4, 0.5) is 10.5 Å². The standard InChI is InChI=1S/C28H27ClNO3P/c1-32-24-19-17-23(18-20-24)30-28(31)33-21-22-34(29,25-11-5-2-6-12-25,26-13-7-3-8-14-26)27-15-9-4-10-16-27/h2-20H,21-22H2,1H3,(H,30,31). The zero-order valence-electron chi connectivity index (χ0n) is 18.9. The molecule has 0 atom stereocenters. The maximum atomic E-state index is 12.6. The maximum absolute atomic E-state index is 12.6. The van der Waals surface area contributed by atoms with Gasteiger partial charge in [-0.2, -0.15) is 0 Å². The van der Waals surface area contributed by atoms with Gasteiger partial charge in [-0.05, 0) is 0 Å². The number of carbonyl (C=O) groups is 1. The van der Waals surface area contributed by atoms with Crippen LogP contribution in [-0.2, 0) is 4.74 Å². The number of rotatable bonds is 8. The van der Waals surface area contributed by atoms with Crippen molar-refractivity contribution in [2.75, 3.05) is 25.2 Å². The van der Waals surface area contributed by atoms with Gasteiger partial charge in [-0.15, -0.1) is 0 Å². The number of benzene rings is 4. The minimum absolute atomic E-state index is 0.155. The Bertz CT molecular complexity index is 1120. The van der Waals surface area contributed by atoms with Gasteiger partial charge in [0.1, 0.15) is 0 Å². The second-order valence-electron chi connectivity index (χ2n) is 7.90. The summed E-state index contributed by atoms with van der Waals surface area (Å²) in [5.41, 5.74) is 0.628. The molecule has 174 valence electrons. The molecule has 0 radical (unpaired) electrons. The van der Waals surface area contributed by atoms with Gasteiger partial charge in [0.15, 0.2) is 0 Å². The van der Waals surface area contributed by atoms with Gasteiger partial charge in [0.25, 0.3) is 0 Å². The van der Waals surface area contributed by atoms with E-state index in [9.17, 15) is 4.79 Å². The van der Waals surface area contributed by atoms with Gasteiger partial charge < -0.3 is 0 Å². The summed E-state index contributed by atoms with van der Waals surface area (Å²) in [5, 5.41) is 5.87. The molecule has 4 aromatic rings. The van der Waals surface area contributed by atoms with E-state index in [1.807, 2.05) is 54.6 Å². The number of hydrogen-bond acceptors (Lipinski definition) is 3. The van der Waals surface area contributed by atoms with E-state index < -0.39 is 12.0 Å². The number of nitrogens with one attached hydrogen (secondary N) is 1. The molecule has 34 heavy (non-hydrogen) atoms. The van der Waals surface area contributed by atoms with Crippen molar-refractivity contribution in [2.45, 2.75) is 0 Å². The molecule has 4 aromatic carbocycles. The number of ether oxygens (including phenoxy) is 2. The molecule has 6 heteroatoms. The fourth-order valence-corrected chi connectivity index (χ4v) is 9.89. The summed E-state index contributed by atoms with van der Waals surface area (Å²) in [6.45, 7) is 0.155. The van der Waals surface area contributed by atoms with Crippen molar-refractivity contribution < 1.29 is 14.3 Å². The number of methoxy groups -OCH3 is 1. The Morgan fingerprint density at radius 2 is 1.18 bits per heavy atom. The number of anilines is 1. The molecular weight excluding hydrogens is 465 g/mol. The van der Waals surface area contributed by atoms with Crippen LogP contribution in [0.15, 0.2) is 115 Å². The second kappa shape index (κ2) is 10.3. The molecule has 0 heterocycles. The first kappa shape index (κ1) is 23.8. The van der Waals surface area contributed by atoms with Crippen LogP contribution in [-0.4, -0.2) is 26.0 Å². The molecule has 0 aliphatic heterocycles. The summed E-state index contributed by atoms with van der Waals surface area (Å²) in [4.78, 5) is 12.6. The van der Waals surface area contributed by atoms with E-state index in [4.69, 9.17) is 20.7 Å². The molecule has 0 saturated heterocycles. The molecule has 0 saturated carbocycles. The molecule has 0 fully saturated rings. The molecule has 0 aromatic heterocycles. The molecule has 4 rings (SSSR count). The normalized spacial score (nSPS) is 12.2. The Morgan fingerprint density at radius 1 is 0.735 bits per heavy atom. The Kier molecular flexibility index (Phi) is 7.21. The fourth-order valence-electron chi connectivity index (χ4n) is 4.19. The Morgan fingerprint density at radius 3 is 1.59 bits per heavy atom. The zero-order chi connectivity index (χ0) is 23.9. The molecule has 0 unspecified atom stereocenters. The third-order valence-corrected chi connectivity index (χ3v) is 13.4. The van der Waals surface area contributed by atoms with E-state index in [1.165, 1.54) is 0 Å². The van der Waals surface area contributed by atoms with Crippen molar-refractivity contribution in [2.24, 2.45) is 0 Å². The van der Waals surface area contributed by atoms with E-state index in [2.05, 4.69) is 41.7 Å². The Hall–Kier alpha value is -3.33. The first-order chi connectivity index (χ1) is 16.5. The monoisotopic (exact) mass is 491 g/mol. The van der Waals surface area contributed by atoms with E-state index in [0.29, 0.717) is 17.6 Å². The van der Waals surface area contributed by atoms with Crippen LogP contribution < -0.4 is 26.0 Å². The molecular formula is C28H27ClNO3P. The average Bonchev–Trinajstić information content (AvgIpc) is 2.90. The summed E-state index contributed by atoms with van der Waals surface area (Å²) in [6.07, 6.45) is -0.0672. The van der Waals surface area contributed by atoms with Gasteiger partial charge in [0.2, 0.25) is 0 Å². The van der Waals surface area contributed by atoms with Gasteiger partial charge in [0, 0.05) is 0 Å². The van der Waals surface area contributed by atoms with Crippen molar-refractivity contribution in [1.82, 2.24) is 0 Å². The number of halogens is 1. The van der Waals surface area contributed by atoms with Gasteiger partial charge in [0.05, 0.1) is 0 Å². The number of amides is 1. The van der Waals surface area contributed by atoms with E-state index in [-0.39, 0.29) is 6.61 Å². The first-order valence-corrected chi connectivity index (χ1v) is 14.3. The van der Waals surface area contributed by atoms with Gasteiger partial charge >= 0.3 is 205 Å². The van der Waals surface area contributed by atoms with E-state index >= 15 is 0 Å². The van der Waals surface area contributed by atoms with Gasteiger partial charge in [-0.25, -0.2) is 0 Å². The minimum atomic E-state index is -3.46. The number of hydrogen-bond donors (Lipinski definition) is 1. The van der Waals surface area contributed by atoms with Crippen LogP contribution in [0.5, 0.6) is 5.75 Å². The summed E-state index contributed by atoms with van der Waals surface area (Å²) in [7, 11) is 1.60. The summed E-state index contributed by atoms with van der Waals surface area (Å²) in [5.74, 6) is -2.75. The van der Waals surface area contributed by atoms with E-state index in [1.54, 1.807) is 31.4 Å². The van der Waals surface area contributed by atoms with Gasteiger partial charge in [-0.3, -0.25) is 0 Å². The molecule has 0 bridgehead atoms. The van der Waals surface area contributed by atoms with Crippen LogP contribution >= 0.6 is 17.2 Å². The van der Waals surface area contributed by atoms with Crippen molar-refractivity contribution in [3.8, 4) is 5.75 Å². The SMILES string of the molecule is COc1ccc(NC(=O)OCCP(Cl)(c2ccccc2)(c2ccccc2)c2ccccc2)cc1.